The third-order valence-electron chi connectivity index (χ3n) is 4.52. The minimum Gasteiger partial charge on any atom is -0.302 e. The third kappa shape index (κ3) is 1.80. The van der Waals surface area contributed by atoms with Gasteiger partial charge in [-0.25, -0.2) is 4.98 Å². The summed E-state index contributed by atoms with van der Waals surface area (Å²) in [4.78, 5) is 4.90. The maximum Gasteiger partial charge on any atom is 0.137 e. The molecule has 0 radical (unpaired) electrons. The second-order valence-corrected chi connectivity index (χ2v) is 7.40. The van der Waals surface area contributed by atoms with Crippen LogP contribution in [0.15, 0.2) is 41.0 Å². The molecule has 2 heterocycles. The molecule has 0 aliphatic heterocycles. The molecule has 2 aromatic heterocycles. The summed E-state index contributed by atoms with van der Waals surface area (Å²) in [6.07, 6.45) is 3.16. The van der Waals surface area contributed by atoms with Gasteiger partial charge in [0.15, 0.2) is 0 Å². The maximum absolute atomic E-state index is 4.90. The van der Waals surface area contributed by atoms with Crippen molar-refractivity contribution in [2.75, 3.05) is 0 Å². The quantitative estimate of drug-likeness (QED) is 0.568. The first-order chi connectivity index (χ1) is 9.97. The topological polar surface area (TPSA) is 17.3 Å². The lowest BCUT2D eigenvalue weighted by atomic mass is 9.73. The van der Waals surface area contributed by atoms with Gasteiger partial charge in [0.1, 0.15) is 5.65 Å². The molecule has 1 aromatic carbocycles. The summed E-state index contributed by atoms with van der Waals surface area (Å²) < 4.78 is 3.37. The van der Waals surface area contributed by atoms with Crippen LogP contribution in [0.25, 0.3) is 16.9 Å². The molecule has 0 unspecified atom stereocenters. The van der Waals surface area contributed by atoms with E-state index in [9.17, 15) is 0 Å². The number of aryl methyl sites for hydroxylation is 1. The van der Waals surface area contributed by atoms with Crippen LogP contribution in [0.1, 0.15) is 30.7 Å². The minimum absolute atomic E-state index is 0.136. The van der Waals surface area contributed by atoms with Crippen molar-refractivity contribution in [3.8, 4) is 11.3 Å². The zero-order chi connectivity index (χ0) is 14.8. The van der Waals surface area contributed by atoms with Crippen LogP contribution in [-0.4, -0.2) is 9.38 Å². The predicted molar refractivity (Wildman–Crippen MR) is 89.8 cm³/mol. The van der Waals surface area contributed by atoms with E-state index in [1.54, 1.807) is 0 Å². The molecule has 0 amide bonds. The summed E-state index contributed by atoms with van der Waals surface area (Å²) >= 11 is 3.64. The number of rotatable bonds is 0. The van der Waals surface area contributed by atoms with Gasteiger partial charge in [0, 0.05) is 16.2 Å². The van der Waals surface area contributed by atoms with E-state index in [2.05, 4.69) is 77.6 Å². The van der Waals surface area contributed by atoms with Crippen LogP contribution in [0.3, 0.4) is 0 Å². The van der Waals surface area contributed by atoms with Crippen LogP contribution in [0.4, 0.5) is 0 Å². The molecule has 21 heavy (non-hydrogen) atoms. The van der Waals surface area contributed by atoms with E-state index < -0.39 is 0 Å². The van der Waals surface area contributed by atoms with Crippen LogP contribution in [0, 0.1) is 6.92 Å². The zero-order valence-corrected chi connectivity index (χ0v) is 14.0. The SMILES string of the molecule is Cc1cc2nc3c(n2cc1Br)CC(C)(C)c1ccccc1-3. The summed E-state index contributed by atoms with van der Waals surface area (Å²) in [7, 11) is 0. The Labute approximate surface area is 133 Å². The molecule has 0 N–H and O–H groups in total. The Hall–Kier alpha value is -1.61. The summed E-state index contributed by atoms with van der Waals surface area (Å²) in [5, 5.41) is 0. The minimum atomic E-state index is 0.136. The van der Waals surface area contributed by atoms with E-state index in [-0.39, 0.29) is 5.41 Å². The fourth-order valence-electron chi connectivity index (χ4n) is 3.39. The van der Waals surface area contributed by atoms with E-state index in [1.165, 1.54) is 22.4 Å². The molecule has 0 atom stereocenters. The van der Waals surface area contributed by atoms with E-state index in [1.807, 2.05) is 0 Å². The van der Waals surface area contributed by atoms with Crippen molar-refractivity contribution in [2.24, 2.45) is 0 Å². The Morgan fingerprint density at radius 2 is 2.00 bits per heavy atom. The normalized spacial score (nSPS) is 15.8. The van der Waals surface area contributed by atoms with Crippen LogP contribution in [0.2, 0.25) is 0 Å². The fraction of sp³-hybridized carbons (Fsp3) is 0.278. The monoisotopic (exact) mass is 340 g/mol. The number of aromatic nitrogens is 2. The van der Waals surface area contributed by atoms with Gasteiger partial charge in [0.2, 0.25) is 0 Å². The maximum atomic E-state index is 4.90. The largest absolute Gasteiger partial charge is 0.302 e. The Morgan fingerprint density at radius 3 is 2.81 bits per heavy atom. The number of nitrogens with zero attached hydrogens (tertiary/aromatic N) is 2. The third-order valence-corrected chi connectivity index (χ3v) is 5.35. The van der Waals surface area contributed by atoms with Gasteiger partial charge in [-0.05, 0) is 51.9 Å². The number of hydrogen-bond acceptors (Lipinski definition) is 1. The summed E-state index contributed by atoms with van der Waals surface area (Å²) in [6, 6.07) is 10.8. The number of halogens is 1. The molecular weight excluding hydrogens is 324 g/mol. The van der Waals surface area contributed by atoms with Gasteiger partial charge in [0.25, 0.3) is 0 Å². The fourth-order valence-corrected chi connectivity index (χ4v) is 3.71. The van der Waals surface area contributed by atoms with E-state index >= 15 is 0 Å². The number of hydrogen-bond donors (Lipinski definition) is 0. The highest BCUT2D eigenvalue weighted by Crippen LogP contribution is 2.43. The standard InChI is InChI=1S/C18H17BrN2/c1-11-8-16-20-17-12-6-4-5-7-13(12)18(2,3)9-15(17)21(16)10-14(11)19/h4-8,10H,9H2,1-3H3. The highest BCUT2D eigenvalue weighted by Gasteiger charge is 2.33. The predicted octanol–water partition coefficient (Wildman–Crippen LogP) is 4.91. The molecular formula is C18H17BrN2. The molecule has 0 saturated heterocycles. The molecule has 4 rings (SSSR count). The van der Waals surface area contributed by atoms with Crippen LogP contribution >= 0.6 is 15.9 Å². The van der Waals surface area contributed by atoms with Crippen LogP contribution in [-0.2, 0) is 11.8 Å². The molecule has 2 nitrogen and oxygen atoms in total. The second kappa shape index (κ2) is 4.20. The summed E-state index contributed by atoms with van der Waals surface area (Å²) in [5.74, 6) is 0. The van der Waals surface area contributed by atoms with Crippen molar-refractivity contribution in [2.45, 2.75) is 32.6 Å². The lowest BCUT2D eigenvalue weighted by molar-refractivity contribution is 0.507. The van der Waals surface area contributed by atoms with Crippen molar-refractivity contribution in [1.29, 1.82) is 0 Å². The van der Waals surface area contributed by atoms with Gasteiger partial charge >= 0.3 is 0 Å². The first-order valence-corrected chi connectivity index (χ1v) is 8.04. The first-order valence-electron chi connectivity index (χ1n) is 7.24. The van der Waals surface area contributed by atoms with Gasteiger partial charge in [-0.15, -0.1) is 0 Å². The summed E-state index contributed by atoms with van der Waals surface area (Å²) in [6.45, 7) is 6.74. The van der Waals surface area contributed by atoms with Gasteiger partial charge in [0.05, 0.1) is 11.4 Å². The molecule has 1 aliphatic carbocycles. The van der Waals surface area contributed by atoms with Gasteiger partial charge in [-0.2, -0.15) is 0 Å². The van der Waals surface area contributed by atoms with Crippen LogP contribution in [0.5, 0.6) is 0 Å². The van der Waals surface area contributed by atoms with E-state index in [0.29, 0.717) is 0 Å². The van der Waals surface area contributed by atoms with Crippen molar-refractivity contribution >= 4 is 21.6 Å². The smallest absolute Gasteiger partial charge is 0.137 e. The Balaban J connectivity index is 2.10. The lowest BCUT2D eigenvalue weighted by Crippen LogP contribution is -2.26. The average molecular weight is 341 g/mol. The van der Waals surface area contributed by atoms with Gasteiger partial charge in [-0.3, -0.25) is 0 Å². The van der Waals surface area contributed by atoms with Crippen LogP contribution < -0.4 is 0 Å². The molecule has 0 spiro atoms. The zero-order valence-electron chi connectivity index (χ0n) is 12.4. The van der Waals surface area contributed by atoms with Gasteiger partial charge < -0.3 is 4.40 Å². The molecule has 3 aromatic rings. The molecule has 0 saturated carbocycles. The number of pyridine rings is 1. The number of benzene rings is 1. The lowest BCUT2D eigenvalue weighted by Gasteiger charge is -2.32. The summed E-state index contributed by atoms with van der Waals surface area (Å²) in [5.41, 5.74) is 7.53. The van der Waals surface area contributed by atoms with Crippen molar-refractivity contribution < 1.29 is 0 Å². The van der Waals surface area contributed by atoms with E-state index in [0.717, 1.165) is 22.2 Å². The van der Waals surface area contributed by atoms with E-state index in [4.69, 9.17) is 4.98 Å². The second-order valence-electron chi connectivity index (χ2n) is 6.55. The number of imidazole rings is 1. The molecule has 3 heteroatoms. The first kappa shape index (κ1) is 13.1. The molecule has 0 bridgehead atoms. The van der Waals surface area contributed by atoms with Crippen molar-refractivity contribution in [3.63, 3.8) is 0 Å². The average Bonchev–Trinajstić information content (AvgIpc) is 2.77. The number of fused-ring (bicyclic) bond motifs is 5. The highest BCUT2D eigenvalue weighted by atomic mass is 79.9. The highest BCUT2D eigenvalue weighted by molar-refractivity contribution is 9.10. The molecule has 0 fully saturated rings. The molecule has 1 aliphatic rings. The van der Waals surface area contributed by atoms with Crippen molar-refractivity contribution in [1.82, 2.24) is 9.38 Å². The Morgan fingerprint density at radius 1 is 1.24 bits per heavy atom. The van der Waals surface area contributed by atoms with Gasteiger partial charge in [-0.1, -0.05) is 38.1 Å². The van der Waals surface area contributed by atoms with Crippen molar-refractivity contribution in [3.05, 3.63) is 57.8 Å². The molecule has 106 valence electrons. The Kier molecular flexibility index (Phi) is 2.62. The Bertz CT molecular complexity index is 874.